The zero-order chi connectivity index (χ0) is 13.8. The summed E-state index contributed by atoms with van der Waals surface area (Å²) < 4.78 is 0. The number of likely N-dealkylation sites (tertiary alicyclic amines) is 1. The Labute approximate surface area is 123 Å². The summed E-state index contributed by atoms with van der Waals surface area (Å²) in [5.74, 6) is 0.197. The number of hydrogen-bond donors (Lipinski definition) is 1. The van der Waals surface area contributed by atoms with Gasteiger partial charge in [0, 0.05) is 23.1 Å². The average molecular weight is 301 g/mol. The molecule has 0 bridgehead atoms. The van der Waals surface area contributed by atoms with Crippen molar-refractivity contribution >= 4 is 29.1 Å². The predicted molar refractivity (Wildman–Crippen MR) is 78.5 cm³/mol. The zero-order valence-corrected chi connectivity index (χ0v) is 12.5. The molecule has 1 aliphatic heterocycles. The smallest absolute Gasteiger partial charge is 0.224 e. The lowest BCUT2D eigenvalue weighted by Gasteiger charge is -2.28. The number of carbonyl (C=O) groups excluding carboxylic acids is 1. The molecule has 1 fully saturated rings. The van der Waals surface area contributed by atoms with Gasteiger partial charge in [-0.25, -0.2) is 0 Å². The van der Waals surface area contributed by atoms with Gasteiger partial charge in [-0.3, -0.25) is 4.79 Å². The molecule has 1 heterocycles. The molecule has 2 rings (SSSR count). The maximum atomic E-state index is 12.1. The molecule has 1 atom stereocenters. The summed E-state index contributed by atoms with van der Waals surface area (Å²) in [6.45, 7) is 2.36. The van der Waals surface area contributed by atoms with E-state index in [0.717, 1.165) is 31.5 Å². The highest BCUT2D eigenvalue weighted by atomic mass is 35.5. The fourth-order valence-corrected chi connectivity index (χ4v) is 2.85. The predicted octanol–water partition coefficient (Wildman–Crippen LogP) is 2.95. The van der Waals surface area contributed by atoms with Crippen LogP contribution in [0.2, 0.25) is 10.0 Å². The largest absolute Gasteiger partial charge is 0.352 e. The quantitative estimate of drug-likeness (QED) is 0.931. The van der Waals surface area contributed by atoms with E-state index >= 15 is 0 Å². The third-order valence-electron chi connectivity index (χ3n) is 3.46. The number of amides is 1. The van der Waals surface area contributed by atoms with E-state index in [-0.39, 0.29) is 11.8 Å². The molecule has 0 unspecified atom stereocenters. The van der Waals surface area contributed by atoms with Crippen LogP contribution in [0.15, 0.2) is 18.2 Å². The molecule has 0 spiro atoms. The molecular formula is C14H18Cl2N2O. The second kappa shape index (κ2) is 6.60. The van der Waals surface area contributed by atoms with Crippen molar-refractivity contribution in [1.82, 2.24) is 10.2 Å². The van der Waals surface area contributed by atoms with Crippen LogP contribution in [0.25, 0.3) is 0 Å². The molecule has 5 heteroatoms. The van der Waals surface area contributed by atoms with Crippen molar-refractivity contribution in [2.45, 2.75) is 19.4 Å². The summed E-state index contributed by atoms with van der Waals surface area (Å²) in [6.07, 6.45) is 2.04. The van der Waals surface area contributed by atoms with Crippen molar-refractivity contribution in [3.63, 3.8) is 0 Å². The number of halogens is 2. The molecule has 0 saturated carbocycles. The van der Waals surface area contributed by atoms with E-state index in [4.69, 9.17) is 23.2 Å². The minimum absolute atomic E-state index is 0.0878. The fraction of sp³-hybridized carbons (Fsp3) is 0.500. The third-order valence-corrected chi connectivity index (χ3v) is 4.05. The summed E-state index contributed by atoms with van der Waals surface area (Å²) >= 11 is 11.9. The van der Waals surface area contributed by atoms with E-state index in [1.54, 1.807) is 12.1 Å². The first kappa shape index (κ1) is 14.6. The Morgan fingerprint density at radius 3 is 2.95 bits per heavy atom. The molecule has 19 heavy (non-hydrogen) atoms. The normalized spacial score (nSPS) is 20.3. The molecule has 0 radical (unpaired) electrons. The van der Waals surface area contributed by atoms with Crippen molar-refractivity contribution in [1.29, 1.82) is 0 Å². The second-order valence-corrected chi connectivity index (χ2v) is 5.90. The molecule has 1 amide bonds. The van der Waals surface area contributed by atoms with Crippen LogP contribution in [0.4, 0.5) is 0 Å². The summed E-state index contributed by atoms with van der Waals surface area (Å²) in [4.78, 5) is 14.3. The Balaban J connectivity index is 1.89. The highest BCUT2D eigenvalue weighted by Gasteiger charge is 2.23. The third kappa shape index (κ3) is 4.10. The monoisotopic (exact) mass is 300 g/mol. The zero-order valence-electron chi connectivity index (χ0n) is 11.0. The van der Waals surface area contributed by atoms with Gasteiger partial charge >= 0.3 is 0 Å². The lowest BCUT2D eigenvalue weighted by atomic mass is 9.97. The first-order chi connectivity index (χ1) is 9.06. The molecule has 1 aromatic rings. The fourth-order valence-electron chi connectivity index (χ4n) is 2.37. The van der Waals surface area contributed by atoms with Gasteiger partial charge in [0.15, 0.2) is 0 Å². The Morgan fingerprint density at radius 2 is 2.26 bits per heavy atom. The molecule has 1 aromatic carbocycles. The van der Waals surface area contributed by atoms with Gasteiger partial charge in [-0.15, -0.1) is 0 Å². The van der Waals surface area contributed by atoms with E-state index in [0.29, 0.717) is 16.6 Å². The lowest BCUT2D eigenvalue weighted by Crippen LogP contribution is -2.41. The molecule has 1 N–H and O–H groups in total. The Kier molecular flexibility index (Phi) is 5.08. The van der Waals surface area contributed by atoms with Gasteiger partial charge in [0.05, 0.1) is 5.92 Å². The maximum absolute atomic E-state index is 12.1. The number of piperidine rings is 1. The number of rotatable bonds is 3. The molecule has 104 valence electrons. The van der Waals surface area contributed by atoms with Crippen LogP contribution in [0.5, 0.6) is 0 Å². The maximum Gasteiger partial charge on any atom is 0.224 e. The SMILES string of the molecule is CN1CCC[C@@H](C(=O)NCc2ccc(Cl)cc2Cl)C1. The summed E-state index contributed by atoms with van der Waals surface area (Å²) in [6, 6.07) is 5.32. The van der Waals surface area contributed by atoms with Crippen LogP contribution in [0.1, 0.15) is 18.4 Å². The summed E-state index contributed by atoms with van der Waals surface area (Å²) in [7, 11) is 2.05. The molecule has 0 aromatic heterocycles. The molecule has 1 aliphatic rings. The first-order valence-electron chi connectivity index (χ1n) is 6.46. The van der Waals surface area contributed by atoms with Gasteiger partial charge in [-0.1, -0.05) is 29.3 Å². The van der Waals surface area contributed by atoms with Gasteiger partial charge in [-0.05, 0) is 44.1 Å². The lowest BCUT2D eigenvalue weighted by molar-refractivity contribution is -0.126. The topological polar surface area (TPSA) is 32.3 Å². The van der Waals surface area contributed by atoms with Crippen molar-refractivity contribution in [2.75, 3.05) is 20.1 Å². The van der Waals surface area contributed by atoms with E-state index in [1.807, 2.05) is 6.07 Å². The highest BCUT2D eigenvalue weighted by Crippen LogP contribution is 2.21. The van der Waals surface area contributed by atoms with Gasteiger partial charge in [0.1, 0.15) is 0 Å². The average Bonchev–Trinajstić information content (AvgIpc) is 2.37. The molecular weight excluding hydrogens is 283 g/mol. The van der Waals surface area contributed by atoms with Crippen molar-refractivity contribution in [3.8, 4) is 0 Å². The first-order valence-corrected chi connectivity index (χ1v) is 7.22. The van der Waals surface area contributed by atoms with Gasteiger partial charge in [0.25, 0.3) is 0 Å². The summed E-state index contributed by atoms with van der Waals surface area (Å²) in [5.41, 5.74) is 0.892. The van der Waals surface area contributed by atoms with Crippen LogP contribution in [-0.4, -0.2) is 30.9 Å². The number of nitrogens with one attached hydrogen (secondary N) is 1. The second-order valence-electron chi connectivity index (χ2n) is 5.05. The van der Waals surface area contributed by atoms with Crippen molar-refractivity contribution in [2.24, 2.45) is 5.92 Å². The Hall–Kier alpha value is -0.770. The molecule has 1 saturated heterocycles. The summed E-state index contributed by atoms with van der Waals surface area (Å²) in [5, 5.41) is 4.15. The van der Waals surface area contributed by atoms with E-state index < -0.39 is 0 Å². The minimum Gasteiger partial charge on any atom is -0.352 e. The van der Waals surface area contributed by atoms with Crippen LogP contribution >= 0.6 is 23.2 Å². The van der Waals surface area contributed by atoms with Crippen LogP contribution in [0.3, 0.4) is 0 Å². The number of carbonyl (C=O) groups is 1. The van der Waals surface area contributed by atoms with Gasteiger partial charge in [0.2, 0.25) is 5.91 Å². The number of nitrogens with zero attached hydrogens (tertiary/aromatic N) is 1. The number of benzene rings is 1. The van der Waals surface area contributed by atoms with Crippen LogP contribution in [-0.2, 0) is 11.3 Å². The van der Waals surface area contributed by atoms with Gasteiger partial charge in [-0.2, -0.15) is 0 Å². The van der Waals surface area contributed by atoms with Crippen LogP contribution in [0, 0.1) is 5.92 Å². The van der Waals surface area contributed by atoms with Crippen molar-refractivity contribution < 1.29 is 4.79 Å². The standard InChI is InChI=1S/C14H18Cl2N2O/c1-18-6-2-3-11(9-18)14(19)17-8-10-4-5-12(15)7-13(10)16/h4-5,7,11H,2-3,6,8-9H2,1H3,(H,17,19)/t11-/m1/s1. The Morgan fingerprint density at radius 1 is 1.47 bits per heavy atom. The highest BCUT2D eigenvalue weighted by molar-refractivity contribution is 6.35. The van der Waals surface area contributed by atoms with Crippen molar-refractivity contribution in [3.05, 3.63) is 33.8 Å². The van der Waals surface area contributed by atoms with Crippen LogP contribution < -0.4 is 5.32 Å². The van der Waals surface area contributed by atoms with E-state index in [9.17, 15) is 4.79 Å². The number of hydrogen-bond acceptors (Lipinski definition) is 2. The van der Waals surface area contributed by atoms with Gasteiger partial charge < -0.3 is 10.2 Å². The van der Waals surface area contributed by atoms with E-state index in [2.05, 4.69) is 17.3 Å². The van der Waals surface area contributed by atoms with E-state index in [1.165, 1.54) is 0 Å². The minimum atomic E-state index is 0.0878. The Bertz CT molecular complexity index is 465. The molecule has 0 aliphatic carbocycles. The molecule has 3 nitrogen and oxygen atoms in total.